The minimum Gasteiger partial charge on any atom is -0.303 e. The number of aryl methyl sites for hydroxylation is 1. The number of anilines is 1. The Morgan fingerprint density at radius 3 is 2.24 bits per heavy atom. The summed E-state index contributed by atoms with van der Waals surface area (Å²) in [5.74, 6) is 0.0813. The Morgan fingerprint density at radius 1 is 1.10 bits per heavy atom. The number of benzene rings is 1. The molecule has 0 atom stereocenters. The van der Waals surface area contributed by atoms with Crippen LogP contribution in [0.3, 0.4) is 0 Å². The second-order valence-electron chi connectivity index (χ2n) is 5.52. The maximum atomic E-state index is 12.4. The van der Waals surface area contributed by atoms with Crippen molar-refractivity contribution in [3.05, 3.63) is 29.8 Å². The second kappa shape index (κ2) is 6.56. The Kier molecular flexibility index (Phi) is 4.99. The van der Waals surface area contributed by atoms with E-state index in [4.69, 9.17) is 12.2 Å². The van der Waals surface area contributed by atoms with E-state index in [9.17, 15) is 4.79 Å². The molecule has 21 heavy (non-hydrogen) atoms. The monoisotopic (exact) mass is 304 g/mol. The van der Waals surface area contributed by atoms with Gasteiger partial charge < -0.3 is 10.2 Å². The van der Waals surface area contributed by atoms with Crippen molar-refractivity contribution in [1.29, 1.82) is 0 Å². The van der Waals surface area contributed by atoms with E-state index in [1.54, 1.807) is 0 Å². The molecular weight excluding hydrogens is 280 g/mol. The van der Waals surface area contributed by atoms with E-state index in [1.165, 1.54) is 12.0 Å². The van der Waals surface area contributed by atoms with E-state index >= 15 is 0 Å². The van der Waals surface area contributed by atoms with Gasteiger partial charge in [0.1, 0.15) is 5.54 Å². The van der Waals surface area contributed by atoms with Crippen LogP contribution in [-0.2, 0) is 4.79 Å². The molecule has 1 spiro atoms. The zero-order valence-electron chi connectivity index (χ0n) is 13.1. The van der Waals surface area contributed by atoms with Gasteiger partial charge in [-0.15, -0.1) is 0 Å². The Balaban J connectivity index is 0.000000774. The number of carbonyl (C=O) groups excluding carboxylic acids is 1. The third-order valence-electron chi connectivity index (χ3n) is 4.25. The Hall–Kier alpha value is -1.42. The van der Waals surface area contributed by atoms with E-state index in [0.717, 1.165) is 31.4 Å². The first-order valence-electron chi connectivity index (χ1n) is 7.86. The van der Waals surface area contributed by atoms with Crippen LogP contribution in [0.25, 0.3) is 0 Å². The highest BCUT2D eigenvalue weighted by atomic mass is 32.1. The number of nitrogens with zero attached hydrogens (tertiary/aromatic N) is 1. The van der Waals surface area contributed by atoms with Gasteiger partial charge >= 0.3 is 0 Å². The van der Waals surface area contributed by atoms with E-state index in [0.29, 0.717) is 5.11 Å². The van der Waals surface area contributed by atoms with Gasteiger partial charge in [0.25, 0.3) is 5.91 Å². The van der Waals surface area contributed by atoms with E-state index in [1.807, 2.05) is 18.7 Å². The van der Waals surface area contributed by atoms with Crippen LogP contribution in [0.4, 0.5) is 5.69 Å². The fourth-order valence-corrected chi connectivity index (χ4v) is 3.58. The van der Waals surface area contributed by atoms with Crippen LogP contribution in [0.2, 0.25) is 0 Å². The summed E-state index contributed by atoms with van der Waals surface area (Å²) in [5, 5.41) is 3.41. The third kappa shape index (κ3) is 2.82. The molecule has 0 aromatic heterocycles. The standard InChI is InChI=1S/C15H18N2OS.C2H6/c1-11-5-7-12(8-6-11)17-14(19)16-13(18)15(17)9-3-2-4-10-15;1-2/h5-8H,2-4,9-10H2,1H3,(H,16,18,19);1-2H3. The number of hydrogen-bond donors (Lipinski definition) is 1. The number of nitrogens with one attached hydrogen (secondary N) is 1. The van der Waals surface area contributed by atoms with Crippen LogP contribution in [0.15, 0.2) is 24.3 Å². The molecule has 3 rings (SSSR count). The zero-order chi connectivity index (χ0) is 15.5. The van der Waals surface area contributed by atoms with E-state index in [2.05, 4.69) is 36.5 Å². The molecular formula is C17H24N2OS. The molecule has 4 heteroatoms. The molecule has 2 aliphatic rings. The van der Waals surface area contributed by atoms with Gasteiger partial charge in [-0.3, -0.25) is 4.79 Å². The van der Waals surface area contributed by atoms with Crippen LogP contribution in [0.1, 0.15) is 51.5 Å². The van der Waals surface area contributed by atoms with Gasteiger partial charge in [-0.25, -0.2) is 0 Å². The Labute approximate surface area is 132 Å². The predicted octanol–water partition coefficient (Wildman–Crippen LogP) is 3.95. The summed E-state index contributed by atoms with van der Waals surface area (Å²) in [6.07, 6.45) is 5.19. The predicted molar refractivity (Wildman–Crippen MR) is 91.6 cm³/mol. The average molecular weight is 304 g/mol. The van der Waals surface area contributed by atoms with Crippen LogP contribution in [0.5, 0.6) is 0 Å². The number of carbonyl (C=O) groups is 1. The minimum atomic E-state index is -0.440. The lowest BCUT2D eigenvalue weighted by atomic mass is 9.80. The highest BCUT2D eigenvalue weighted by Crippen LogP contribution is 2.40. The first kappa shape index (κ1) is 16.0. The van der Waals surface area contributed by atoms with Gasteiger partial charge in [-0.1, -0.05) is 50.8 Å². The molecule has 2 fully saturated rings. The summed E-state index contributed by atoms with van der Waals surface area (Å²) in [4.78, 5) is 14.4. The molecule has 1 aliphatic carbocycles. The minimum absolute atomic E-state index is 0.0813. The molecule has 3 nitrogen and oxygen atoms in total. The quantitative estimate of drug-likeness (QED) is 0.798. The van der Waals surface area contributed by atoms with Crippen molar-refractivity contribution in [3.63, 3.8) is 0 Å². The molecule has 1 aliphatic heterocycles. The third-order valence-corrected chi connectivity index (χ3v) is 4.53. The summed E-state index contributed by atoms with van der Waals surface area (Å²) in [6, 6.07) is 8.24. The topological polar surface area (TPSA) is 32.3 Å². The second-order valence-corrected chi connectivity index (χ2v) is 5.91. The Bertz CT molecular complexity index is 518. The molecule has 1 saturated carbocycles. The fraction of sp³-hybridized carbons (Fsp3) is 0.529. The molecule has 0 radical (unpaired) electrons. The number of thiocarbonyl (C=S) groups is 1. The zero-order valence-corrected chi connectivity index (χ0v) is 13.9. The van der Waals surface area contributed by atoms with Crippen molar-refractivity contribution < 1.29 is 4.79 Å². The summed E-state index contributed by atoms with van der Waals surface area (Å²) in [6.45, 7) is 6.06. The molecule has 0 bridgehead atoms. The summed E-state index contributed by atoms with van der Waals surface area (Å²) >= 11 is 5.38. The molecule has 114 valence electrons. The SMILES string of the molecule is CC.Cc1ccc(N2C(=S)NC(=O)C23CCCCC3)cc1. The molecule has 0 unspecified atom stereocenters. The maximum absolute atomic E-state index is 12.4. The number of hydrogen-bond acceptors (Lipinski definition) is 2. The van der Waals surface area contributed by atoms with Crippen LogP contribution in [0, 0.1) is 6.92 Å². The van der Waals surface area contributed by atoms with E-state index < -0.39 is 5.54 Å². The molecule has 1 heterocycles. The first-order valence-corrected chi connectivity index (χ1v) is 8.27. The van der Waals surface area contributed by atoms with Crippen LogP contribution >= 0.6 is 12.2 Å². The lowest BCUT2D eigenvalue weighted by Crippen LogP contribution is -2.51. The van der Waals surface area contributed by atoms with Gasteiger partial charge in [0.05, 0.1) is 0 Å². The summed E-state index contributed by atoms with van der Waals surface area (Å²) < 4.78 is 0. The van der Waals surface area contributed by atoms with Crippen molar-refractivity contribution in [2.75, 3.05) is 4.90 Å². The number of amides is 1. The fourth-order valence-electron chi connectivity index (χ4n) is 3.21. The maximum Gasteiger partial charge on any atom is 0.252 e. The summed E-state index contributed by atoms with van der Waals surface area (Å²) in [7, 11) is 0. The van der Waals surface area contributed by atoms with Crippen molar-refractivity contribution >= 4 is 28.9 Å². The van der Waals surface area contributed by atoms with Gasteiger partial charge in [-0.2, -0.15) is 0 Å². The van der Waals surface area contributed by atoms with Crippen LogP contribution < -0.4 is 10.2 Å². The molecule has 1 saturated heterocycles. The Morgan fingerprint density at radius 2 is 1.67 bits per heavy atom. The van der Waals surface area contributed by atoms with Gasteiger partial charge in [0.2, 0.25) is 0 Å². The molecule has 1 N–H and O–H groups in total. The van der Waals surface area contributed by atoms with E-state index in [-0.39, 0.29) is 5.91 Å². The normalized spacial score (nSPS) is 20.0. The lowest BCUT2D eigenvalue weighted by Gasteiger charge is -2.39. The molecule has 1 amide bonds. The largest absolute Gasteiger partial charge is 0.303 e. The van der Waals surface area contributed by atoms with Gasteiger partial charge in [-0.05, 0) is 44.1 Å². The molecule has 1 aromatic rings. The van der Waals surface area contributed by atoms with Crippen molar-refractivity contribution in [2.45, 2.75) is 58.4 Å². The van der Waals surface area contributed by atoms with Gasteiger partial charge in [0.15, 0.2) is 5.11 Å². The molecule has 1 aromatic carbocycles. The van der Waals surface area contributed by atoms with Crippen molar-refractivity contribution in [2.24, 2.45) is 0 Å². The van der Waals surface area contributed by atoms with Gasteiger partial charge in [0, 0.05) is 5.69 Å². The smallest absolute Gasteiger partial charge is 0.252 e. The lowest BCUT2D eigenvalue weighted by molar-refractivity contribution is -0.124. The summed E-state index contributed by atoms with van der Waals surface area (Å²) in [5.41, 5.74) is 1.80. The number of rotatable bonds is 1. The van der Waals surface area contributed by atoms with Crippen molar-refractivity contribution in [3.8, 4) is 0 Å². The first-order chi connectivity index (χ1) is 10.1. The average Bonchev–Trinajstić information content (AvgIpc) is 2.74. The highest BCUT2D eigenvalue weighted by molar-refractivity contribution is 7.80. The highest BCUT2D eigenvalue weighted by Gasteiger charge is 2.51. The van der Waals surface area contributed by atoms with Crippen molar-refractivity contribution in [1.82, 2.24) is 5.32 Å². The van der Waals surface area contributed by atoms with Crippen LogP contribution in [-0.4, -0.2) is 16.6 Å².